The van der Waals surface area contributed by atoms with E-state index >= 15 is 0 Å². The van der Waals surface area contributed by atoms with E-state index < -0.39 is 64.9 Å². The Bertz CT molecular complexity index is 1820. The number of amides is 2. The Balaban J connectivity index is 1.84. The third-order valence-electron chi connectivity index (χ3n) is 6.47. The van der Waals surface area contributed by atoms with Crippen LogP contribution in [-0.4, -0.2) is 62.6 Å². The van der Waals surface area contributed by atoms with Crippen molar-refractivity contribution >= 4 is 43.8 Å². The molecule has 13 nitrogen and oxygen atoms in total. The number of rotatable bonds is 14. The van der Waals surface area contributed by atoms with E-state index in [4.69, 9.17) is 4.74 Å². The van der Waals surface area contributed by atoms with Gasteiger partial charge in [0.25, 0.3) is 32.1 Å². The lowest BCUT2D eigenvalue weighted by Gasteiger charge is -2.11. The number of benzene rings is 3. The van der Waals surface area contributed by atoms with Crippen molar-refractivity contribution in [1.82, 2.24) is 10.6 Å². The van der Waals surface area contributed by atoms with Crippen LogP contribution in [0.25, 0.3) is 0 Å². The molecule has 0 aliphatic heterocycles. The maximum absolute atomic E-state index is 13.2. The van der Waals surface area contributed by atoms with E-state index in [2.05, 4.69) is 10.6 Å². The molecule has 0 saturated heterocycles. The molecule has 0 aliphatic carbocycles. The average molecular weight is 661 g/mol. The second-order valence-corrected chi connectivity index (χ2v) is 12.6. The predicted molar refractivity (Wildman–Crippen MR) is 162 cm³/mol. The molecule has 3 aromatic rings. The van der Waals surface area contributed by atoms with Crippen LogP contribution in [0.2, 0.25) is 0 Å². The van der Waals surface area contributed by atoms with Crippen LogP contribution < -0.4 is 15.4 Å². The minimum atomic E-state index is -4.92. The first-order chi connectivity index (χ1) is 21.2. The van der Waals surface area contributed by atoms with Gasteiger partial charge in [-0.1, -0.05) is 38.8 Å². The van der Waals surface area contributed by atoms with Crippen LogP contribution in [0.3, 0.4) is 0 Å². The summed E-state index contributed by atoms with van der Waals surface area (Å²) in [5.41, 5.74) is -0.829. The van der Waals surface area contributed by atoms with Gasteiger partial charge in [-0.25, -0.2) is 4.79 Å². The fourth-order valence-corrected chi connectivity index (χ4v) is 5.39. The number of unbranched alkanes of at least 4 members (excludes halogenated alkanes) is 2. The molecule has 240 valence electrons. The molecule has 3 rings (SSSR count). The Morgan fingerprint density at radius 3 is 1.58 bits per heavy atom. The van der Waals surface area contributed by atoms with Crippen molar-refractivity contribution in [3.8, 4) is 5.75 Å². The molecule has 0 spiro atoms. The first-order valence-corrected chi connectivity index (χ1v) is 16.7. The third-order valence-corrected chi connectivity index (χ3v) is 8.24. The van der Waals surface area contributed by atoms with Gasteiger partial charge in [-0.3, -0.25) is 23.5 Å². The summed E-state index contributed by atoms with van der Waals surface area (Å²) >= 11 is 0. The summed E-state index contributed by atoms with van der Waals surface area (Å²) in [6.45, 7) is 4.55. The Kier molecular flexibility index (Phi) is 11.7. The summed E-state index contributed by atoms with van der Waals surface area (Å²) in [7, 11) is -9.84. The topological polar surface area (TPSA) is 210 Å². The molecule has 2 amide bonds. The van der Waals surface area contributed by atoms with Gasteiger partial charge in [0.05, 0.1) is 5.56 Å². The largest absolute Gasteiger partial charge is 0.421 e. The zero-order chi connectivity index (χ0) is 33.4. The van der Waals surface area contributed by atoms with Gasteiger partial charge in [-0.05, 0) is 61.4 Å². The van der Waals surface area contributed by atoms with Crippen LogP contribution in [0, 0.1) is 0 Å². The second kappa shape index (κ2) is 15.0. The Hall–Kier alpha value is -4.44. The molecule has 0 fully saturated rings. The molecule has 0 bridgehead atoms. The van der Waals surface area contributed by atoms with Crippen molar-refractivity contribution in [2.45, 2.75) is 49.3 Å². The van der Waals surface area contributed by atoms with Crippen molar-refractivity contribution in [2.24, 2.45) is 0 Å². The molecule has 0 radical (unpaired) electrons. The number of ether oxygens (including phenoxy) is 1. The molecular formula is C30H32N2O11S2. The molecule has 0 heterocycles. The summed E-state index contributed by atoms with van der Waals surface area (Å²) in [4.78, 5) is 49.1. The number of nitrogens with one attached hydrogen (secondary N) is 2. The van der Waals surface area contributed by atoms with Gasteiger partial charge in [-0.2, -0.15) is 16.8 Å². The molecule has 0 atom stereocenters. The van der Waals surface area contributed by atoms with Gasteiger partial charge in [0, 0.05) is 35.3 Å². The average Bonchev–Trinajstić information content (AvgIpc) is 2.99. The van der Waals surface area contributed by atoms with E-state index in [1.165, 1.54) is 24.3 Å². The SMILES string of the molecule is CCCCNC(=O)c1ccc(OC(=O)c2ccc(C(=O)c3ccc(C(=O)NCCCC)cc3S(=O)(=O)O)cc2)c(S(=O)(=O)O)c1. The molecular weight excluding hydrogens is 628 g/mol. The zero-order valence-corrected chi connectivity index (χ0v) is 26.0. The lowest BCUT2D eigenvalue weighted by atomic mass is 10.0. The van der Waals surface area contributed by atoms with E-state index in [9.17, 15) is 45.1 Å². The number of ketones is 1. The van der Waals surface area contributed by atoms with Crippen molar-refractivity contribution in [1.29, 1.82) is 0 Å². The molecule has 4 N–H and O–H groups in total. The molecule has 0 saturated carbocycles. The summed E-state index contributed by atoms with van der Waals surface area (Å²) < 4.78 is 72.8. The highest BCUT2D eigenvalue weighted by molar-refractivity contribution is 7.86. The highest BCUT2D eigenvalue weighted by Gasteiger charge is 2.25. The standard InChI is InChI=1S/C30H32N2O11S2/c1-3-5-15-31-28(34)21-11-13-23(25(17-21)44(37,38)39)27(33)19-7-9-20(10-8-19)30(36)43-24-14-12-22(18-26(24)45(40,41)42)29(35)32-16-6-4-2/h7-14,17-18H,3-6,15-16H2,1-2H3,(H,31,34)(H,32,35)(H,37,38,39)(H,40,41,42). The summed E-state index contributed by atoms with van der Waals surface area (Å²) in [6, 6.07) is 11.0. The number of carbonyl (C=O) groups excluding carboxylic acids is 4. The smallest absolute Gasteiger partial charge is 0.343 e. The van der Waals surface area contributed by atoms with Crippen LogP contribution in [0.15, 0.2) is 70.5 Å². The van der Waals surface area contributed by atoms with Crippen molar-refractivity contribution in [2.75, 3.05) is 13.1 Å². The third kappa shape index (κ3) is 9.28. The molecule has 15 heteroatoms. The number of carbonyl (C=O) groups is 4. The zero-order valence-electron chi connectivity index (χ0n) is 24.4. The molecule has 3 aromatic carbocycles. The van der Waals surface area contributed by atoms with Gasteiger partial charge in [-0.15, -0.1) is 0 Å². The van der Waals surface area contributed by atoms with Gasteiger partial charge in [0.15, 0.2) is 11.5 Å². The van der Waals surface area contributed by atoms with Gasteiger partial charge >= 0.3 is 5.97 Å². The second-order valence-electron chi connectivity index (χ2n) is 9.84. The van der Waals surface area contributed by atoms with Crippen molar-refractivity contribution in [3.63, 3.8) is 0 Å². The molecule has 45 heavy (non-hydrogen) atoms. The van der Waals surface area contributed by atoms with E-state index in [-0.39, 0.29) is 22.3 Å². The molecule has 0 unspecified atom stereocenters. The van der Waals surface area contributed by atoms with Gasteiger partial charge in [0.2, 0.25) is 0 Å². The normalized spacial score (nSPS) is 11.5. The highest BCUT2D eigenvalue weighted by atomic mass is 32.2. The van der Waals surface area contributed by atoms with Gasteiger partial charge in [0.1, 0.15) is 9.79 Å². The first kappa shape index (κ1) is 35.0. The lowest BCUT2D eigenvalue weighted by Crippen LogP contribution is -2.25. The number of hydrogen-bond donors (Lipinski definition) is 4. The quantitative estimate of drug-likeness (QED) is 0.0644. The first-order valence-electron chi connectivity index (χ1n) is 13.8. The van der Waals surface area contributed by atoms with Gasteiger partial charge < -0.3 is 15.4 Å². The van der Waals surface area contributed by atoms with Crippen LogP contribution in [0.1, 0.15) is 86.5 Å². The molecule has 0 aromatic heterocycles. The predicted octanol–water partition coefficient (Wildman–Crippen LogP) is 3.69. The summed E-state index contributed by atoms with van der Waals surface area (Å²) in [5, 5.41) is 5.22. The van der Waals surface area contributed by atoms with E-state index in [1.807, 2.05) is 13.8 Å². The monoisotopic (exact) mass is 660 g/mol. The highest BCUT2D eigenvalue weighted by Crippen LogP contribution is 2.27. The van der Waals surface area contributed by atoms with Crippen LogP contribution in [0.4, 0.5) is 0 Å². The van der Waals surface area contributed by atoms with Crippen LogP contribution in [0.5, 0.6) is 5.75 Å². The minimum Gasteiger partial charge on any atom is -0.421 e. The minimum absolute atomic E-state index is 0.0808. The lowest BCUT2D eigenvalue weighted by molar-refractivity contribution is 0.0729. The fraction of sp³-hybridized carbons (Fsp3) is 0.267. The fourth-order valence-electron chi connectivity index (χ4n) is 4.03. The maximum Gasteiger partial charge on any atom is 0.343 e. The Morgan fingerprint density at radius 2 is 1.09 bits per heavy atom. The van der Waals surface area contributed by atoms with Crippen LogP contribution >= 0.6 is 0 Å². The Labute approximate surface area is 260 Å². The molecule has 0 aliphatic rings. The van der Waals surface area contributed by atoms with E-state index in [0.717, 1.165) is 49.2 Å². The Morgan fingerprint density at radius 1 is 0.644 bits per heavy atom. The summed E-state index contributed by atoms with van der Waals surface area (Å²) in [5.74, 6) is -3.65. The number of esters is 1. The van der Waals surface area contributed by atoms with Crippen molar-refractivity contribution < 1.29 is 49.9 Å². The number of hydrogen-bond acceptors (Lipinski definition) is 9. The van der Waals surface area contributed by atoms with Crippen LogP contribution in [-0.2, 0) is 20.2 Å². The van der Waals surface area contributed by atoms with E-state index in [0.29, 0.717) is 25.9 Å². The maximum atomic E-state index is 13.2. The van der Waals surface area contributed by atoms with E-state index in [1.54, 1.807) is 0 Å². The summed E-state index contributed by atoms with van der Waals surface area (Å²) in [6.07, 6.45) is 3.03. The van der Waals surface area contributed by atoms with Crippen molar-refractivity contribution in [3.05, 3.63) is 88.5 Å².